The second-order valence-corrected chi connectivity index (χ2v) is 28.3. The molecule has 5 aliphatic rings. The topological polar surface area (TPSA) is 294 Å². The van der Waals surface area contributed by atoms with Crippen LogP contribution in [0.2, 0.25) is 10.0 Å². The minimum atomic E-state index is -1.30. The standard InChI is InChI=1S/C69H105Cl2N13O12/c1-11-44(2)61-68(95)78(6)42-58(88)76(4)43-59(89)80(8)53(38-46-24-15-12-16-25-46)66(93)77(5)41-55(85)74-51(31-30-47-36-49(40-72)60(71)50(70)37-47)65(92)84-35-23-28-52(84)64(91)73-32-20-19-29-56(86)82(10)62(48-26-17-13-18-27-48)69(96)81(9)54(67(94)83-33-21-14-22-34-83)39-57(87)79(7)45(3)63(90)75-61/h36-37,44-46,48,51-54,61-62H,11-35,38-39,41-43H2,1-10H3,(H,73,91)(H,74,85)(H,75,90)/t44?,45-,51-,52-,53-,54-,61?,62-/m0/s1. The quantitative estimate of drug-likeness (QED) is 0.301. The van der Waals surface area contributed by atoms with Gasteiger partial charge in [-0.1, -0.05) is 94.8 Å². The predicted octanol–water partition coefficient (Wildman–Crippen LogP) is 4.76. The molecule has 0 aromatic heterocycles. The van der Waals surface area contributed by atoms with Gasteiger partial charge >= 0.3 is 0 Å². The summed E-state index contributed by atoms with van der Waals surface area (Å²) >= 11 is 12.7. The zero-order valence-electron chi connectivity index (χ0n) is 58.3. The van der Waals surface area contributed by atoms with E-state index in [9.17, 15) is 58.0 Å². The summed E-state index contributed by atoms with van der Waals surface area (Å²) in [6.07, 6.45) is 12.7. The molecule has 3 heterocycles. The van der Waals surface area contributed by atoms with Crippen LogP contribution < -0.4 is 16.0 Å². The number of hydrogen-bond donors (Lipinski definition) is 3. The van der Waals surface area contributed by atoms with E-state index in [1.807, 2.05) is 13.0 Å². The number of nitrogens with one attached hydrogen (secondary N) is 3. The lowest BCUT2D eigenvalue weighted by Gasteiger charge is -2.41. The lowest BCUT2D eigenvalue weighted by Crippen LogP contribution is -2.59. The Morgan fingerprint density at radius 1 is 0.625 bits per heavy atom. The summed E-state index contributed by atoms with van der Waals surface area (Å²) in [7, 11) is 10.2. The summed E-state index contributed by atoms with van der Waals surface area (Å²) in [6, 6.07) is -2.71. The van der Waals surface area contributed by atoms with Gasteiger partial charge in [-0.15, -0.1) is 0 Å². The summed E-state index contributed by atoms with van der Waals surface area (Å²) in [5, 5.41) is 18.6. The summed E-state index contributed by atoms with van der Waals surface area (Å²) in [5.74, 6) is -7.27. The Morgan fingerprint density at radius 2 is 1.25 bits per heavy atom. The first-order valence-electron chi connectivity index (χ1n) is 34.7. The molecule has 1 aromatic carbocycles. The van der Waals surface area contributed by atoms with Crippen LogP contribution in [0.15, 0.2) is 12.1 Å². The Kier molecular flexibility index (Phi) is 30.1. The fourth-order valence-corrected chi connectivity index (χ4v) is 14.4. The monoisotopic (exact) mass is 1380 g/mol. The third kappa shape index (κ3) is 20.7. The maximum Gasteiger partial charge on any atom is 0.246 e. The fourth-order valence-electron chi connectivity index (χ4n) is 14.0. The molecule has 25 nitrogen and oxygen atoms in total. The van der Waals surface area contributed by atoms with Gasteiger partial charge in [0.25, 0.3) is 0 Å². The molecule has 5 fully saturated rings. The lowest BCUT2D eigenvalue weighted by molar-refractivity contribution is -0.155. The molecular weight excluding hydrogens is 1270 g/mol. The molecule has 3 N–H and O–H groups in total. The first kappa shape index (κ1) is 77.9. The van der Waals surface area contributed by atoms with Crippen molar-refractivity contribution in [2.75, 3.05) is 95.1 Å². The zero-order chi connectivity index (χ0) is 70.7. The van der Waals surface area contributed by atoms with E-state index in [0.717, 1.165) is 80.4 Å². The average Bonchev–Trinajstić information content (AvgIpc) is 1.01. The van der Waals surface area contributed by atoms with Crippen LogP contribution in [0.4, 0.5) is 0 Å². The Labute approximate surface area is 577 Å². The number of likely N-dealkylation sites (N-methyl/N-ethyl adjacent to an activating group) is 7. The fraction of sp³-hybridized carbons (Fsp3) is 0.725. The number of nitrogens with zero attached hydrogens (tertiary/aromatic N) is 10. The normalized spacial score (nSPS) is 26.3. The molecular formula is C69H105Cl2N13O12. The van der Waals surface area contributed by atoms with Gasteiger partial charge in [0.2, 0.25) is 70.9 Å². The molecule has 0 bridgehead atoms. The van der Waals surface area contributed by atoms with Crippen molar-refractivity contribution >= 4 is 94.1 Å². The molecule has 96 heavy (non-hydrogen) atoms. The summed E-state index contributed by atoms with van der Waals surface area (Å²) in [4.78, 5) is 186. The van der Waals surface area contributed by atoms with Crippen LogP contribution in [0.1, 0.15) is 173 Å². The molecule has 0 spiro atoms. The highest BCUT2D eigenvalue weighted by molar-refractivity contribution is 6.42. The predicted molar refractivity (Wildman–Crippen MR) is 362 cm³/mol. The van der Waals surface area contributed by atoms with Gasteiger partial charge in [0, 0.05) is 81.9 Å². The molecule has 0 radical (unpaired) electrons. The minimum Gasteiger partial charge on any atom is -0.354 e. The Bertz CT molecular complexity index is 3000. The number of hydrogen-bond acceptors (Lipinski definition) is 13. The summed E-state index contributed by atoms with van der Waals surface area (Å²) in [5.41, 5.74) is 0.665. The van der Waals surface area contributed by atoms with Crippen molar-refractivity contribution in [3.8, 4) is 6.07 Å². The molecule has 12 amide bonds. The number of fused-ring (bicyclic) bond motifs is 1. The van der Waals surface area contributed by atoms with Crippen LogP contribution in [0, 0.1) is 29.1 Å². The van der Waals surface area contributed by atoms with Gasteiger partial charge in [0.15, 0.2) is 0 Å². The van der Waals surface area contributed by atoms with Crippen LogP contribution in [0.5, 0.6) is 0 Å². The van der Waals surface area contributed by atoms with E-state index in [1.165, 1.54) is 78.6 Å². The van der Waals surface area contributed by atoms with Gasteiger partial charge in [0.1, 0.15) is 48.4 Å². The van der Waals surface area contributed by atoms with Gasteiger partial charge in [-0.3, -0.25) is 57.5 Å². The molecule has 2 saturated carbocycles. The number of aryl methyl sites for hydroxylation is 1. The molecule has 27 heteroatoms. The van der Waals surface area contributed by atoms with E-state index in [0.29, 0.717) is 63.6 Å². The number of benzene rings is 1. The molecule has 3 aliphatic heterocycles. The van der Waals surface area contributed by atoms with Crippen molar-refractivity contribution in [1.29, 1.82) is 5.26 Å². The first-order chi connectivity index (χ1) is 45.6. The van der Waals surface area contributed by atoms with E-state index in [2.05, 4.69) is 16.0 Å². The smallest absolute Gasteiger partial charge is 0.246 e. The Hall–Kier alpha value is -7.07. The summed E-state index contributed by atoms with van der Waals surface area (Å²) < 4.78 is 0. The van der Waals surface area contributed by atoms with Crippen molar-refractivity contribution in [2.24, 2.45) is 17.8 Å². The molecule has 8 atom stereocenters. The highest BCUT2D eigenvalue weighted by atomic mass is 35.5. The van der Waals surface area contributed by atoms with Crippen LogP contribution in [-0.2, 0) is 64.0 Å². The van der Waals surface area contributed by atoms with E-state index >= 15 is 4.79 Å². The maximum atomic E-state index is 15.2. The van der Waals surface area contributed by atoms with E-state index in [4.69, 9.17) is 23.2 Å². The first-order valence-corrected chi connectivity index (χ1v) is 35.5. The van der Waals surface area contributed by atoms with Crippen molar-refractivity contribution in [2.45, 2.75) is 211 Å². The van der Waals surface area contributed by atoms with E-state index < -0.39 is 139 Å². The maximum absolute atomic E-state index is 15.2. The highest BCUT2D eigenvalue weighted by Gasteiger charge is 2.44. The van der Waals surface area contributed by atoms with Crippen molar-refractivity contribution in [3.05, 3.63) is 33.3 Å². The Morgan fingerprint density at radius 3 is 1.90 bits per heavy atom. The second kappa shape index (κ2) is 37.0. The number of carbonyl (C=O) groups is 12. The van der Waals surface area contributed by atoms with E-state index in [-0.39, 0.29) is 72.1 Å². The van der Waals surface area contributed by atoms with Gasteiger partial charge in [-0.05, 0) is 119 Å². The lowest BCUT2D eigenvalue weighted by atomic mass is 9.82. The number of carbonyl (C=O) groups excluding carboxylic acids is 12. The van der Waals surface area contributed by atoms with Crippen molar-refractivity contribution in [3.63, 3.8) is 0 Å². The van der Waals surface area contributed by atoms with E-state index in [1.54, 1.807) is 31.0 Å². The number of piperidine rings is 1. The third-order valence-electron chi connectivity index (χ3n) is 20.7. The minimum absolute atomic E-state index is 0.0114. The van der Waals surface area contributed by atoms with Gasteiger partial charge in [-0.25, -0.2) is 0 Å². The van der Waals surface area contributed by atoms with Gasteiger partial charge < -0.3 is 60.0 Å². The number of rotatable bonds is 9. The highest BCUT2D eigenvalue weighted by Crippen LogP contribution is 2.33. The number of nitriles is 1. The van der Waals surface area contributed by atoms with Crippen molar-refractivity contribution in [1.82, 2.24) is 60.0 Å². The van der Waals surface area contributed by atoms with Crippen LogP contribution in [0.25, 0.3) is 0 Å². The van der Waals surface area contributed by atoms with Crippen LogP contribution in [0.3, 0.4) is 0 Å². The van der Waals surface area contributed by atoms with Crippen LogP contribution >= 0.6 is 23.2 Å². The number of amides is 12. The number of likely N-dealkylation sites (tertiary alicyclic amines) is 1. The Balaban J connectivity index is 1.31. The molecule has 2 aliphatic carbocycles. The summed E-state index contributed by atoms with van der Waals surface area (Å²) in [6.45, 7) is 4.76. The molecule has 6 rings (SSSR count). The molecule has 3 saturated heterocycles. The molecule has 1 aromatic rings. The zero-order valence-corrected chi connectivity index (χ0v) is 59.8. The number of halogens is 2. The van der Waals surface area contributed by atoms with Gasteiger partial charge in [0.05, 0.1) is 41.7 Å². The molecule has 532 valence electrons. The average molecular weight is 1380 g/mol. The largest absolute Gasteiger partial charge is 0.354 e. The molecule has 2 unspecified atom stereocenters. The van der Waals surface area contributed by atoms with Gasteiger partial charge in [-0.2, -0.15) is 5.26 Å². The third-order valence-corrected chi connectivity index (χ3v) is 21.5. The second-order valence-electron chi connectivity index (χ2n) is 27.5. The SMILES string of the molecule is CCC(C)C1NC(=O)[C@H](C)N(C)C(=O)C[C@@H](C(=O)N2CCCCC2)N(C)C(=O)[C@H](C2CCCCC2)N(C)C(=O)CCCCNC(=O)[C@@H]2CCCN2C(=O)[C@H](CCc2cc(Cl)c(Cl)c(C#N)c2)NC(=O)CN(C)C(=O)[C@H](CC2CCCCC2)N(C)C(=O)CN(C)C(=O)CN(C)C1=O. The van der Waals surface area contributed by atoms with Crippen LogP contribution in [-0.4, -0.2) is 252 Å². The van der Waals surface area contributed by atoms with Crippen molar-refractivity contribution < 1.29 is 57.5 Å².